The van der Waals surface area contributed by atoms with Gasteiger partial charge in [0, 0.05) is 13.0 Å². The maximum atomic E-state index is 11.6. The van der Waals surface area contributed by atoms with E-state index in [-0.39, 0.29) is 4.64 Å². The monoisotopic (exact) mass is 208 g/mol. The molecular formula is C9H8N2O2S. The summed E-state index contributed by atoms with van der Waals surface area (Å²) in [6.07, 6.45) is 0. The van der Waals surface area contributed by atoms with Crippen LogP contribution in [-0.4, -0.2) is 9.94 Å². The van der Waals surface area contributed by atoms with Crippen molar-refractivity contribution >= 4 is 23.3 Å². The fourth-order valence-electron chi connectivity index (χ4n) is 1.35. The van der Waals surface area contributed by atoms with Crippen LogP contribution in [0.15, 0.2) is 24.3 Å². The lowest BCUT2D eigenvalue weighted by atomic mass is 10.3. The Morgan fingerprint density at radius 2 is 2.07 bits per heavy atom. The molecule has 14 heavy (non-hydrogen) atoms. The lowest BCUT2D eigenvalue weighted by Gasteiger charge is -2.07. The molecule has 1 N–H and O–H groups in total. The molecule has 0 aliphatic rings. The zero-order valence-electron chi connectivity index (χ0n) is 7.47. The molecule has 1 aromatic carbocycles. The van der Waals surface area contributed by atoms with Gasteiger partial charge in [-0.3, -0.25) is 0 Å². The lowest BCUT2D eigenvalue weighted by Crippen LogP contribution is -2.33. The molecule has 2 aromatic rings. The molecule has 0 bridgehead atoms. The number of aromatic nitrogens is 2. The third-order valence-electron chi connectivity index (χ3n) is 2.14. The van der Waals surface area contributed by atoms with Gasteiger partial charge >= 0.3 is 0 Å². The van der Waals surface area contributed by atoms with Gasteiger partial charge in [0.05, 0.1) is 0 Å². The van der Waals surface area contributed by atoms with E-state index in [1.165, 1.54) is 0 Å². The summed E-state index contributed by atoms with van der Waals surface area (Å²) in [4.78, 5) is 0. The molecule has 5 heteroatoms. The minimum absolute atomic E-state index is 0.138. The third-order valence-corrected chi connectivity index (χ3v) is 2.60. The molecular weight excluding hydrogens is 200 g/mol. The molecule has 4 nitrogen and oxygen atoms in total. The highest BCUT2D eigenvalue weighted by Gasteiger charge is 2.12. The van der Waals surface area contributed by atoms with E-state index in [0.29, 0.717) is 16.7 Å². The molecule has 0 saturated carbocycles. The van der Waals surface area contributed by atoms with E-state index in [9.17, 15) is 10.4 Å². The highest BCUT2D eigenvalue weighted by atomic mass is 32.1. The minimum atomic E-state index is 0.138. The van der Waals surface area contributed by atoms with Crippen LogP contribution in [0.2, 0.25) is 0 Å². The average Bonchev–Trinajstić information content (AvgIpc) is 2.23. The van der Waals surface area contributed by atoms with Crippen molar-refractivity contribution < 1.29 is 9.94 Å². The van der Waals surface area contributed by atoms with Crippen molar-refractivity contribution in [1.29, 1.82) is 0 Å². The fraction of sp³-hybridized carbons (Fsp3) is 0.111. The molecule has 0 amide bonds. The first-order chi connectivity index (χ1) is 6.63. The van der Waals surface area contributed by atoms with E-state index >= 15 is 0 Å². The normalized spacial score (nSPS) is 10.6. The summed E-state index contributed by atoms with van der Waals surface area (Å²) < 4.78 is 1.72. The standard InChI is InChI=1S/C9H8N2O2S/c1-6-9(14)11(13)8-5-3-2-4-7(8)10(6)12/h2-5,13H,1H3. The molecule has 0 spiro atoms. The maximum Gasteiger partial charge on any atom is 0.244 e. The molecule has 0 atom stereocenters. The van der Waals surface area contributed by atoms with Gasteiger partial charge in [-0.05, 0) is 18.3 Å². The highest BCUT2D eigenvalue weighted by molar-refractivity contribution is 7.71. The number of hydrogen-bond donors (Lipinski definition) is 1. The van der Waals surface area contributed by atoms with E-state index in [4.69, 9.17) is 12.2 Å². The molecule has 0 radical (unpaired) electrons. The van der Waals surface area contributed by atoms with Gasteiger partial charge in [-0.2, -0.15) is 9.46 Å². The second-order valence-electron chi connectivity index (χ2n) is 2.99. The number of hydrogen-bond acceptors (Lipinski definition) is 3. The van der Waals surface area contributed by atoms with Crippen molar-refractivity contribution in [3.63, 3.8) is 0 Å². The van der Waals surface area contributed by atoms with E-state index in [1.54, 1.807) is 31.2 Å². The molecule has 1 aromatic heterocycles. The summed E-state index contributed by atoms with van der Waals surface area (Å²) in [7, 11) is 0. The van der Waals surface area contributed by atoms with Crippen LogP contribution >= 0.6 is 12.2 Å². The predicted molar refractivity (Wildman–Crippen MR) is 53.7 cm³/mol. The largest absolute Gasteiger partial charge is 0.618 e. The number of nitrogens with zero attached hydrogens (tertiary/aromatic N) is 2. The predicted octanol–water partition coefficient (Wildman–Crippen LogP) is 1.55. The maximum absolute atomic E-state index is 11.6. The Hall–Kier alpha value is -1.62. The minimum Gasteiger partial charge on any atom is -0.618 e. The van der Waals surface area contributed by atoms with Crippen LogP contribution < -0.4 is 4.73 Å². The Kier molecular flexibility index (Phi) is 1.89. The lowest BCUT2D eigenvalue weighted by molar-refractivity contribution is -0.585. The SMILES string of the molecule is Cc1c(=S)n(O)c2ccccc2[n+]1[O-]. The Morgan fingerprint density at radius 1 is 1.43 bits per heavy atom. The van der Waals surface area contributed by atoms with Crippen molar-refractivity contribution in [2.45, 2.75) is 6.92 Å². The average molecular weight is 208 g/mol. The van der Waals surface area contributed by atoms with Gasteiger partial charge in [-0.15, -0.1) is 0 Å². The van der Waals surface area contributed by atoms with Crippen LogP contribution in [0.5, 0.6) is 0 Å². The molecule has 72 valence electrons. The van der Waals surface area contributed by atoms with Gasteiger partial charge in [0.2, 0.25) is 15.9 Å². The van der Waals surface area contributed by atoms with Crippen molar-refractivity contribution in [1.82, 2.24) is 4.73 Å². The van der Waals surface area contributed by atoms with Crippen molar-refractivity contribution in [3.05, 3.63) is 39.8 Å². The number of benzene rings is 1. The molecule has 0 aliphatic carbocycles. The van der Waals surface area contributed by atoms with E-state index < -0.39 is 0 Å². The summed E-state index contributed by atoms with van der Waals surface area (Å²) in [6, 6.07) is 6.74. The van der Waals surface area contributed by atoms with Crippen LogP contribution in [0.4, 0.5) is 0 Å². The van der Waals surface area contributed by atoms with Gasteiger partial charge in [0.15, 0.2) is 5.52 Å². The Morgan fingerprint density at radius 3 is 2.79 bits per heavy atom. The fourth-order valence-corrected chi connectivity index (χ4v) is 1.53. The second-order valence-corrected chi connectivity index (χ2v) is 3.37. The summed E-state index contributed by atoms with van der Waals surface area (Å²) >= 11 is 4.90. The zero-order valence-corrected chi connectivity index (χ0v) is 8.28. The summed E-state index contributed by atoms with van der Waals surface area (Å²) in [6.45, 7) is 1.58. The highest BCUT2D eigenvalue weighted by Crippen LogP contribution is 2.10. The Bertz CT molecular complexity index is 562. The first-order valence-corrected chi connectivity index (χ1v) is 4.47. The van der Waals surface area contributed by atoms with Crippen molar-refractivity contribution in [3.8, 4) is 0 Å². The van der Waals surface area contributed by atoms with Gasteiger partial charge < -0.3 is 10.4 Å². The zero-order chi connectivity index (χ0) is 10.3. The van der Waals surface area contributed by atoms with Crippen LogP contribution in [0, 0.1) is 16.8 Å². The van der Waals surface area contributed by atoms with Crippen LogP contribution in [0.25, 0.3) is 11.0 Å². The van der Waals surface area contributed by atoms with Gasteiger partial charge in [0.25, 0.3) is 0 Å². The van der Waals surface area contributed by atoms with Crippen LogP contribution in [0.3, 0.4) is 0 Å². The first-order valence-electron chi connectivity index (χ1n) is 4.06. The molecule has 0 aliphatic heterocycles. The number of rotatable bonds is 0. The molecule has 0 unspecified atom stereocenters. The summed E-state index contributed by atoms with van der Waals surface area (Å²) in [5, 5.41) is 21.3. The van der Waals surface area contributed by atoms with Crippen molar-refractivity contribution in [2.24, 2.45) is 0 Å². The van der Waals surface area contributed by atoms with Gasteiger partial charge in [-0.25, -0.2) is 0 Å². The van der Waals surface area contributed by atoms with Crippen LogP contribution in [-0.2, 0) is 0 Å². The summed E-state index contributed by atoms with van der Waals surface area (Å²) in [5.41, 5.74) is 1.14. The van der Waals surface area contributed by atoms with Gasteiger partial charge in [0.1, 0.15) is 0 Å². The smallest absolute Gasteiger partial charge is 0.244 e. The topological polar surface area (TPSA) is 52.1 Å². The third kappa shape index (κ3) is 1.06. The molecule has 2 rings (SSSR count). The number of para-hydroxylation sites is 2. The molecule has 0 fully saturated rings. The van der Waals surface area contributed by atoms with Crippen LogP contribution in [0.1, 0.15) is 5.69 Å². The van der Waals surface area contributed by atoms with E-state index in [0.717, 1.165) is 9.46 Å². The second kappa shape index (κ2) is 2.95. The first kappa shape index (κ1) is 8.96. The van der Waals surface area contributed by atoms with E-state index in [1.807, 2.05) is 0 Å². The van der Waals surface area contributed by atoms with Crippen molar-refractivity contribution in [2.75, 3.05) is 0 Å². The Balaban J connectivity index is 3.10. The van der Waals surface area contributed by atoms with Gasteiger partial charge in [-0.1, -0.05) is 12.1 Å². The Labute approximate surface area is 85.2 Å². The van der Waals surface area contributed by atoms with E-state index in [2.05, 4.69) is 0 Å². The summed E-state index contributed by atoms with van der Waals surface area (Å²) in [5.74, 6) is 0. The quantitative estimate of drug-likeness (QED) is 0.309. The number of fused-ring (bicyclic) bond motifs is 1. The molecule has 1 heterocycles. The molecule has 0 saturated heterocycles.